The zero-order chi connectivity index (χ0) is 20.1. The van der Waals surface area contributed by atoms with E-state index in [0.29, 0.717) is 34.2 Å². The maximum atomic E-state index is 13.0. The number of ether oxygens (including phenoxy) is 2. The van der Waals surface area contributed by atoms with Crippen molar-refractivity contribution < 1.29 is 19.1 Å². The van der Waals surface area contributed by atoms with Crippen LogP contribution in [0.4, 0.5) is 4.79 Å². The summed E-state index contributed by atoms with van der Waals surface area (Å²) in [5.41, 5.74) is 1.61. The van der Waals surface area contributed by atoms with E-state index in [0.717, 1.165) is 25.7 Å². The van der Waals surface area contributed by atoms with Crippen LogP contribution in [0.2, 0.25) is 5.02 Å². The van der Waals surface area contributed by atoms with Crippen molar-refractivity contribution in [2.24, 2.45) is 0 Å². The lowest BCUT2D eigenvalue weighted by Crippen LogP contribution is -2.45. The molecular formula is C21H27ClN2O4. The van der Waals surface area contributed by atoms with E-state index in [1.807, 2.05) is 6.92 Å². The van der Waals surface area contributed by atoms with Gasteiger partial charge in [-0.05, 0) is 57.2 Å². The molecule has 3 rings (SSSR count). The molecule has 2 aliphatic rings. The molecule has 0 saturated heterocycles. The second-order valence-electron chi connectivity index (χ2n) is 7.21. The van der Waals surface area contributed by atoms with Crippen LogP contribution in [-0.4, -0.2) is 24.7 Å². The van der Waals surface area contributed by atoms with Gasteiger partial charge in [0.25, 0.3) is 0 Å². The van der Waals surface area contributed by atoms with Crippen LogP contribution in [0.3, 0.4) is 0 Å². The van der Waals surface area contributed by atoms with E-state index in [4.69, 9.17) is 21.1 Å². The van der Waals surface area contributed by atoms with Crippen molar-refractivity contribution in [3.63, 3.8) is 0 Å². The summed E-state index contributed by atoms with van der Waals surface area (Å²) in [5, 5.41) is 5.92. The highest BCUT2D eigenvalue weighted by molar-refractivity contribution is 6.32. The Hall–Kier alpha value is -2.21. The number of amides is 2. The number of benzene rings is 1. The number of nitrogens with one attached hydrogen (secondary N) is 2. The molecule has 152 valence electrons. The van der Waals surface area contributed by atoms with Gasteiger partial charge in [-0.25, -0.2) is 9.59 Å². The summed E-state index contributed by atoms with van der Waals surface area (Å²) < 4.78 is 11.3. The highest BCUT2D eigenvalue weighted by atomic mass is 35.5. The van der Waals surface area contributed by atoms with E-state index in [1.54, 1.807) is 25.1 Å². The van der Waals surface area contributed by atoms with Crippen LogP contribution in [0.1, 0.15) is 64.0 Å². The number of carbonyl (C=O) groups is 2. The van der Waals surface area contributed by atoms with Gasteiger partial charge in [-0.15, -0.1) is 0 Å². The van der Waals surface area contributed by atoms with Crippen LogP contribution in [0.25, 0.3) is 0 Å². The van der Waals surface area contributed by atoms with Gasteiger partial charge in [-0.3, -0.25) is 0 Å². The third-order valence-electron chi connectivity index (χ3n) is 5.15. The van der Waals surface area contributed by atoms with E-state index >= 15 is 0 Å². The molecule has 1 fully saturated rings. The number of carbonyl (C=O) groups excluding carboxylic acids is 2. The lowest BCUT2D eigenvalue weighted by atomic mass is 9.95. The fraction of sp³-hybridized carbons (Fsp3) is 0.524. The first-order valence-corrected chi connectivity index (χ1v) is 10.3. The molecular weight excluding hydrogens is 380 g/mol. The molecule has 1 aliphatic carbocycles. The Bertz CT molecular complexity index is 770. The first-order valence-electron chi connectivity index (χ1n) is 9.91. The molecule has 1 aromatic carbocycles. The molecule has 28 heavy (non-hydrogen) atoms. The van der Waals surface area contributed by atoms with Crippen molar-refractivity contribution in [2.45, 2.75) is 64.5 Å². The van der Waals surface area contributed by atoms with Gasteiger partial charge in [0.15, 0.2) is 0 Å². The van der Waals surface area contributed by atoms with E-state index in [9.17, 15) is 9.59 Å². The van der Waals surface area contributed by atoms with Crippen molar-refractivity contribution >= 4 is 23.6 Å². The highest BCUT2D eigenvalue weighted by Gasteiger charge is 2.33. The molecule has 1 saturated carbocycles. The Morgan fingerprint density at radius 3 is 2.57 bits per heavy atom. The van der Waals surface area contributed by atoms with Gasteiger partial charge in [0.05, 0.1) is 23.2 Å². The first-order chi connectivity index (χ1) is 13.5. The summed E-state index contributed by atoms with van der Waals surface area (Å²) in [5.74, 6) is 0.170. The number of rotatable bonds is 5. The summed E-state index contributed by atoms with van der Waals surface area (Å²) in [7, 11) is 0. The Morgan fingerprint density at radius 1 is 1.21 bits per heavy atom. The number of esters is 1. The molecule has 6 nitrogen and oxygen atoms in total. The van der Waals surface area contributed by atoms with E-state index in [-0.39, 0.29) is 12.1 Å². The van der Waals surface area contributed by atoms with Crippen molar-refractivity contribution in [3.8, 4) is 5.75 Å². The van der Waals surface area contributed by atoms with Crippen molar-refractivity contribution in [1.82, 2.24) is 10.6 Å². The quantitative estimate of drug-likeness (QED) is 0.552. The number of hydrogen-bond acceptors (Lipinski definition) is 4. The van der Waals surface area contributed by atoms with Crippen molar-refractivity contribution in [1.29, 1.82) is 0 Å². The standard InChI is InChI=1S/C21H27ClN2O4/c1-3-27-17-11-10-14(12-16(17)22)19-18(13(2)23-21(26)24-19)20(25)28-15-8-6-4-5-7-9-15/h10-12,15,19H,3-9H2,1-2H3,(H2,23,24,26)/t19-/m1/s1. The van der Waals surface area contributed by atoms with Gasteiger partial charge in [0, 0.05) is 5.70 Å². The maximum absolute atomic E-state index is 13.0. The summed E-state index contributed by atoms with van der Waals surface area (Å²) >= 11 is 6.32. The molecule has 1 aromatic rings. The van der Waals surface area contributed by atoms with E-state index < -0.39 is 12.0 Å². The summed E-state index contributed by atoms with van der Waals surface area (Å²) in [6.07, 6.45) is 6.21. The second kappa shape index (κ2) is 9.32. The lowest BCUT2D eigenvalue weighted by molar-refractivity contribution is -0.145. The average molecular weight is 407 g/mol. The molecule has 1 atom stereocenters. The minimum absolute atomic E-state index is 0.0718. The van der Waals surface area contributed by atoms with Gasteiger partial charge < -0.3 is 20.1 Å². The SMILES string of the molecule is CCOc1ccc([C@H]2NC(=O)NC(C)=C2C(=O)OC2CCCCCC2)cc1Cl. The predicted molar refractivity (Wildman–Crippen MR) is 107 cm³/mol. The predicted octanol–water partition coefficient (Wildman–Crippen LogP) is 4.63. The topological polar surface area (TPSA) is 76.7 Å². The number of hydrogen-bond donors (Lipinski definition) is 2. The molecule has 7 heteroatoms. The third kappa shape index (κ3) is 4.79. The molecule has 0 unspecified atom stereocenters. The minimum Gasteiger partial charge on any atom is -0.492 e. The molecule has 2 N–H and O–H groups in total. The van der Waals surface area contributed by atoms with Crippen LogP contribution in [0, 0.1) is 0 Å². The Morgan fingerprint density at radius 2 is 1.93 bits per heavy atom. The van der Waals surface area contributed by atoms with Gasteiger partial charge in [-0.2, -0.15) is 0 Å². The molecule has 0 spiro atoms. The Labute approximate surface area is 170 Å². The van der Waals surface area contributed by atoms with Crippen LogP contribution in [0.15, 0.2) is 29.5 Å². The molecule has 1 heterocycles. The van der Waals surface area contributed by atoms with Crippen molar-refractivity contribution in [3.05, 3.63) is 40.1 Å². The second-order valence-corrected chi connectivity index (χ2v) is 7.62. The molecule has 0 radical (unpaired) electrons. The number of urea groups is 1. The minimum atomic E-state index is -0.625. The average Bonchev–Trinajstić information content (AvgIpc) is 2.91. The lowest BCUT2D eigenvalue weighted by Gasteiger charge is -2.29. The largest absolute Gasteiger partial charge is 0.492 e. The third-order valence-corrected chi connectivity index (χ3v) is 5.45. The Balaban J connectivity index is 1.86. The van der Waals surface area contributed by atoms with Gasteiger partial charge in [-0.1, -0.05) is 30.5 Å². The highest BCUT2D eigenvalue weighted by Crippen LogP contribution is 2.33. The smallest absolute Gasteiger partial charge is 0.338 e. The van der Waals surface area contributed by atoms with E-state index in [2.05, 4.69) is 10.6 Å². The van der Waals surface area contributed by atoms with Crippen LogP contribution in [0.5, 0.6) is 5.75 Å². The zero-order valence-electron chi connectivity index (χ0n) is 16.3. The fourth-order valence-corrected chi connectivity index (χ4v) is 4.00. The molecule has 2 amide bonds. The van der Waals surface area contributed by atoms with Crippen LogP contribution in [-0.2, 0) is 9.53 Å². The normalized spacial score (nSPS) is 20.8. The number of halogens is 1. The molecule has 1 aliphatic heterocycles. The van der Waals surface area contributed by atoms with Crippen LogP contribution < -0.4 is 15.4 Å². The fourth-order valence-electron chi connectivity index (χ4n) is 3.76. The Kier molecular flexibility index (Phi) is 6.83. The first kappa shape index (κ1) is 20.5. The molecule has 0 aromatic heterocycles. The monoisotopic (exact) mass is 406 g/mol. The van der Waals surface area contributed by atoms with Gasteiger partial charge in [0.1, 0.15) is 11.9 Å². The van der Waals surface area contributed by atoms with E-state index in [1.165, 1.54) is 12.8 Å². The van der Waals surface area contributed by atoms with Gasteiger partial charge in [0.2, 0.25) is 0 Å². The molecule has 0 bridgehead atoms. The van der Waals surface area contributed by atoms with Gasteiger partial charge >= 0.3 is 12.0 Å². The summed E-state index contributed by atoms with van der Waals surface area (Å²) in [6.45, 7) is 4.09. The summed E-state index contributed by atoms with van der Waals surface area (Å²) in [6, 6.07) is 4.28. The van der Waals surface area contributed by atoms with Crippen LogP contribution >= 0.6 is 11.6 Å². The van der Waals surface area contributed by atoms with Crippen molar-refractivity contribution in [2.75, 3.05) is 6.61 Å². The summed E-state index contributed by atoms with van der Waals surface area (Å²) in [4.78, 5) is 25.1. The maximum Gasteiger partial charge on any atom is 0.338 e. The number of allylic oxidation sites excluding steroid dienone is 1. The zero-order valence-corrected chi connectivity index (χ0v) is 17.1.